The Bertz CT molecular complexity index is 1130. The molecule has 5 nitrogen and oxygen atoms in total. The Balaban J connectivity index is 1.29. The van der Waals surface area contributed by atoms with Gasteiger partial charge in [0, 0.05) is 17.0 Å². The average Bonchev–Trinajstić information content (AvgIpc) is 3.61. The maximum absolute atomic E-state index is 13.6. The molecule has 2 aromatic carbocycles. The van der Waals surface area contributed by atoms with E-state index in [0.29, 0.717) is 22.4 Å². The van der Waals surface area contributed by atoms with Gasteiger partial charge >= 0.3 is 5.97 Å². The van der Waals surface area contributed by atoms with Gasteiger partial charge in [-0.3, -0.25) is 14.5 Å². The SMILES string of the molecule is O=C(OCc1ccccc1Cl)[C@H](Cc1ccccc1)N1C(=O)[C@@H]2[C@H]3C=C[C@@H]([C@@H]4C[C@H]34)[C@@H]2C1=O. The first-order valence-corrected chi connectivity index (χ1v) is 11.9. The van der Waals surface area contributed by atoms with Gasteiger partial charge in [0.1, 0.15) is 12.6 Å². The summed E-state index contributed by atoms with van der Waals surface area (Å²) in [5.74, 6) is -0.446. The van der Waals surface area contributed by atoms with Crippen LogP contribution >= 0.6 is 11.6 Å². The first kappa shape index (κ1) is 20.7. The molecule has 2 aromatic rings. The summed E-state index contributed by atoms with van der Waals surface area (Å²) < 4.78 is 5.62. The van der Waals surface area contributed by atoms with Crippen LogP contribution in [0.15, 0.2) is 66.7 Å². The lowest BCUT2D eigenvalue weighted by Gasteiger charge is -2.37. The Morgan fingerprint density at radius 1 is 0.939 bits per heavy atom. The molecule has 2 amide bonds. The van der Waals surface area contributed by atoms with Crippen LogP contribution < -0.4 is 0 Å². The minimum atomic E-state index is -0.990. The van der Waals surface area contributed by atoms with Gasteiger partial charge in [0.2, 0.25) is 11.8 Å². The van der Waals surface area contributed by atoms with Crippen LogP contribution in [-0.2, 0) is 32.1 Å². The van der Waals surface area contributed by atoms with E-state index >= 15 is 0 Å². The van der Waals surface area contributed by atoms with Crippen LogP contribution in [0.3, 0.4) is 0 Å². The number of allylic oxidation sites excluding steroid dienone is 2. The van der Waals surface area contributed by atoms with Crippen molar-refractivity contribution in [2.45, 2.75) is 25.5 Å². The number of hydrogen-bond acceptors (Lipinski definition) is 4. The van der Waals surface area contributed by atoms with E-state index in [4.69, 9.17) is 16.3 Å². The van der Waals surface area contributed by atoms with Crippen molar-refractivity contribution in [1.29, 1.82) is 0 Å². The number of esters is 1. The van der Waals surface area contributed by atoms with Crippen LogP contribution in [0.4, 0.5) is 0 Å². The van der Waals surface area contributed by atoms with Crippen molar-refractivity contribution < 1.29 is 19.1 Å². The summed E-state index contributed by atoms with van der Waals surface area (Å²) in [6.07, 6.45) is 5.60. The topological polar surface area (TPSA) is 63.7 Å². The lowest BCUT2D eigenvalue weighted by molar-refractivity contribution is -0.160. The Kier molecular flexibility index (Phi) is 4.91. The highest BCUT2D eigenvalue weighted by Crippen LogP contribution is 2.65. The number of rotatable bonds is 6. The second-order valence-electron chi connectivity index (χ2n) is 9.61. The minimum absolute atomic E-state index is 0.0101. The molecule has 0 unspecified atom stereocenters. The number of ether oxygens (including phenoxy) is 1. The van der Waals surface area contributed by atoms with Crippen LogP contribution in [0.2, 0.25) is 5.02 Å². The fourth-order valence-corrected chi connectivity index (χ4v) is 6.46. The van der Waals surface area contributed by atoms with Gasteiger partial charge < -0.3 is 4.74 Å². The summed E-state index contributed by atoms with van der Waals surface area (Å²) >= 11 is 6.21. The van der Waals surface area contributed by atoms with E-state index in [1.807, 2.05) is 42.5 Å². The number of likely N-dealkylation sites (tertiary alicyclic amines) is 1. The molecule has 7 atom stereocenters. The molecule has 1 aliphatic heterocycles. The summed E-state index contributed by atoms with van der Waals surface area (Å²) in [5.41, 5.74) is 1.55. The largest absolute Gasteiger partial charge is 0.459 e. The molecule has 4 aliphatic carbocycles. The van der Waals surface area contributed by atoms with Gasteiger partial charge in [0.15, 0.2) is 0 Å². The highest BCUT2D eigenvalue weighted by molar-refractivity contribution is 6.31. The van der Waals surface area contributed by atoms with Gasteiger partial charge in [-0.25, -0.2) is 4.79 Å². The van der Waals surface area contributed by atoms with Gasteiger partial charge in [0.05, 0.1) is 11.8 Å². The zero-order valence-electron chi connectivity index (χ0n) is 18.0. The molecule has 1 saturated heterocycles. The van der Waals surface area contributed by atoms with E-state index in [1.54, 1.807) is 12.1 Å². The predicted octanol–water partition coefficient (Wildman–Crippen LogP) is 4.05. The third-order valence-corrected chi connectivity index (χ3v) is 8.25. The molecule has 2 bridgehead atoms. The van der Waals surface area contributed by atoms with Gasteiger partial charge in [-0.15, -0.1) is 0 Å². The molecular formula is C27H24ClNO4. The number of carbonyl (C=O) groups is 3. The normalized spacial score (nSPS) is 31.8. The standard InChI is InChI=1S/C27H24ClNO4/c28-21-9-5-4-8-16(21)14-33-27(32)22(12-15-6-2-1-3-7-15)29-25(30)23-17-10-11-18(20-13-19(17)20)24(23)26(29)31/h1-11,17-20,22-24H,12-14H2/t17-,18-,19-,20+,22-,23-,24+/m0/s1. The molecule has 2 saturated carbocycles. The number of halogens is 1. The summed E-state index contributed by atoms with van der Waals surface area (Å²) in [6, 6.07) is 15.6. The van der Waals surface area contributed by atoms with Gasteiger partial charge in [-0.05, 0) is 41.7 Å². The van der Waals surface area contributed by atoms with E-state index < -0.39 is 12.0 Å². The van der Waals surface area contributed by atoms with Gasteiger partial charge in [-0.1, -0.05) is 72.3 Å². The number of amides is 2. The van der Waals surface area contributed by atoms with Gasteiger partial charge in [0.25, 0.3) is 0 Å². The van der Waals surface area contributed by atoms with E-state index in [9.17, 15) is 14.4 Å². The van der Waals surface area contributed by atoms with Crippen molar-refractivity contribution in [2.24, 2.45) is 35.5 Å². The van der Waals surface area contributed by atoms with Crippen LogP contribution in [0.5, 0.6) is 0 Å². The molecule has 0 aromatic heterocycles. The summed E-state index contributed by atoms with van der Waals surface area (Å²) in [4.78, 5) is 41.8. The smallest absolute Gasteiger partial charge is 0.330 e. The molecule has 0 spiro atoms. The predicted molar refractivity (Wildman–Crippen MR) is 122 cm³/mol. The summed E-state index contributed by atoms with van der Waals surface area (Å²) in [7, 11) is 0. The minimum Gasteiger partial charge on any atom is -0.459 e. The second kappa shape index (κ2) is 7.84. The molecular weight excluding hydrogens is 438 g/mol. The van der Waals surface area contributed by atoms with E-state index in [2.05, 4.69) is 12.2 Å². The third kappa shape index (κ3) is 3.33. The van der Waals surface area contributed by atoms with Crippen molar-refractivity contribution in [3.05, 3.63) is 82.9 Å². The fraction of sp³-hybridized carbons (Fsp3) is 0.370. The fourth-order valence-electron chi connectivity index (χ4n) is 6.27. The molecule has 5 aliphatic rings. The number of imide groups is 1. The molecule has 1 heterocycles. The maximum Gasteiger partial charge on any atom is 0.330 e. The Hall–Kier alpha value is -2.92. The number of carbonyl (C=O) groups excluding carboxylic acids is 3. The first-order valence-electron chi connectivity index (χ1n) is 11.5. The summed E-state index contributed by atoms with van der Waals surface area (Å²) in [5, 5.41) is 0.506. The first-order chi connectivity index (χ1) is 16.0. The Morgan fingerprint density at radius 2 is 1.55 bits per heavy atom. The van der Waals surface area contributed by atoms with Crippen LogP contribution in [0, 0.1) is 35.5 Å². The molecule has 168 valence electrons. The number of benzene rings is 2. The van der Waals surface area contributed by atoms with E-state index in [1.165, 1.54) is 4.90 Å². The lowest BCUT2D eigenvalue weighted by atomic mass is 9.63. The summed E-state index contributed by atoms with van der Waals surface area (Å²) in [6.45, 7) is -0.0101. The molecule has 6 heteroatoms. The van der Waals surface area contributed by atoms with Crippen molar-refractivity contribution in [1.82, 2.24) is 4.90 Å². The van der Waals surface area contributed by atoms with Crippen LogP contribution in [-0.4, -0.2) is 28.7 Å². The molecule has 33 heavy (non-hydrogen) atoms. The Morgan fingerprint density at radius 3 is 2.18 bits per heavy atom. The van der Waals surface area contributed by atoms with Crippen molar-refractivity contribution in [3.63, 3.8) is 0 Å². The monoisotopic (exact) mass is 461 g/mol. The van der Waals surface area contributed by atoms with Crippen molar-refractivity contribution in [3.8, 4) is 0 Å². The molecule has 0 radical (unpaired) electrons. The van der Waals surface area contributed by atoms with Crippen molar-refractivity contribution >= 4 is 29.4 Å². The zero-order valence-corrected chi connectivity index (χ0v) is 18.7. The third-order valence-electron chi connectivity index (χ3n) is 7.88. The van der Waals surface area contributed by atoms with Gasteiger partial charge in [-0.2, -0.15) is 0 Å². The molecule has 7 rings (SSSR count). The quantitative estimate of drug-likeness (QED) is 0.370. The highest BCUT2D eigenvalue weighted by Gasteiger charge is 2.68. The van der Waals surface area contributed by atoms with E-state index in [-0.39, 0.29) is 48.5 Å². The molecule has 3 fully saturated rings. The number of hydrogen-bond donors (Lipinski definition) is 0. The number of nitrogens with zero attached hydrogens (tertiary/aromatic N) is 1. The van der Waals surface area contributed by atoms with Crippen LogP contribution in [0.25, 0.3) is 0 Å². The second-order valence-corrected chi connectivity index (χ2v) is 10.0. The van der Waals surface area contributed by atoms with Crippen LogP contribution in [0.1, 0.15) is 17.5 Å². The highest BCUT2D eigenvalue weighted by atomic mass is 35.5. The van der Waals surface area contributed by atoms with E-state index in [0.717, 1.165) is 12.0 Å². The maximum atomic E-state index is 13.6. The molecule has 0 N–H and O–H groups in total. The lowest BCUT2D eigenvalue weighted by Crippen LogP contribution is -2.47. The average molecular weight is 462 g/mol. The Labute approximate surface area is 197 Å². The zero-order chi connectivity index (χ0) is 22.7. The van der Waals surface area contributed by atoms with Crippen molar-refractivity contribution in [2.75, 3.05) is 0 Å².